The van der Waals surface area contributed by atoms with Crippen molar-refractivity contribution < 1.29 is 19.1 Å². The molecule has 0 radical (unpaired) electrons. The van der Waals surface area contributed by atoms with Crippen molar-refractivity contribution in [2.45, 2.75) is 0 Å². The van der Waals surface area contributed by atoms with E-state index in [2.05, 4.69) is 0 Å². The van der Waals surface area contributed by atoms with E-state index in [1.165, 1.54) is 13.2 Å². The van der Waals surface area contributed by atoms with E-state index in [0.29, 0.717) is 16.7 Å². The van der Waals surface area contributed by atoms with E-state index < -0.39 is 5.97 Å². The molecule has 1 heterocycles. The van der Waals surface area contributed by atoms with Gasteiger partial charge >= 0.3 is 5.97 Å². The molecule has 0 aliphatic heterocycles. The van der Waals surface area contributed by atoms with Gasteiger partial charge in [0.2, 0.25) is 11.2 Å². The number of hydrogen-bond donors (Lipinski definition) is 1. The summed E-state index contributed by atoms with van der Waals surface area (Å²) in [5.41, 5.74) is 0.353. The number of ether oxygens (including phenoxy) is 1. The second kappa shape index (κ2) is 5.37. The molecule has 2 aromatic carbocycles. The van der Waals surface area contributed by atoms with Gasteiger partial charge in [0, 0.05) is 6.07 Å². The summed E-state index contributed by atoms with van der Waals surface area (Å²) in [6.07, 6.45) is 0. The van der Waals surface area contributed by atoms with Crippen molar-refractivity contribution in [2.24, 2.45) is 0 Å². The van der Waals surface area contributed by atoms with Gasteiger partial charge in [0.1, 0.15) is 11.3 Å². The predicted octanol–water partition coefficient (Wildman–Crippen LogP) is 3.17. The van der Waals surface area contributed by atoms with E-state index in [1.807, 2.05) is 0 Å². The maximum atomic E-state index is 12.7. The van der Waals surface area contributed by atoms with E-state index in [9.17, 15) is 14.7 Å². The number of methoxy groups -OCH3 is 1. The highest BCUT2D eigenvalue weighted by atomic mass is 16.5. The molecular formula is C17H12O5. The van der Waals surface area contributed by atoms with Crippen LogP contribution in [0.2, 0.25) is 0 Å². The molecule has 22 heavy (non-hydrogen) atoms. The van der Waals surface area contributed by atoms with Crippen molar-refractivity contribution in [3.63, 3.8) is 0 Å². The molecule has 0 aliphatic carbocycles. The Kier molecular flexibility index (Phi) is 3.39. The van der Waals surface area contributed by atoms with Gasteiger partial charge in [-0.3, -0.25) is 4.79 Å². The van der Waals surface area contributed by atoms with Crippen LogP contribution in [0.5, 0.6) is 5.75 Å². The molecule has 110 valence electrons. The van der Waals surface area contributed by atoms with E-state index >= 15 is 0 Å². The van der Waals surface area contributed by atoms with Gasteiger partial charge in [0.15, 0.2) is 0 Å². The molecule has 0 atom stereocenters. The fourth-order valence-electron chi connectivity index (χ4n) is 2.32. The lowest BCUT2D eigenvalue weighted by Crippen LogP contribution is -2.12. The van der Waals surface area contributed by atoms with Crippen molar-refractivity contribution in [1.82, 2.24) is 0 Å². The fourth-order valence-corrected chi connectivity index (χ4v) is 2.32. The van der Waals surface area contributed by atoms with Crippen molar-refractivity contribution in [3.8, 4) is 16.9 Å². The molecule has 3 rings (SSSR count). The number of fused-ring (bicyclic) bond motifs is 1. The summed E-state index contributed by atoms with van der Waals surface area (Å²) in [6.45, 7) is 0. The molecule has 5 nitrogen and oxygen atoms in total. The summed E-state index contributed by atoms with van der Waals surface area (Å²) in [4.78, 5) is 24.2. The minimum Gasteiger partial charge on any atom is -0.497 e. The standard InChI is InChI=1S/C17H12O5/c1-21-11-7-8-12-13(9-11)22-16(17(19)20)14(15(12)18)10-5-3-2-4-6-10/h2-9H,1H3,(H,19,20). The third kappa shape index (κ3) is 2.22. The van der Waals surface area contributed by atoms with Gasteiger partial charge in [0.25, 0.3) is 0 Å². The maximum Gasteiger partial charge on any atom is 0.372 e. The molecule has 0 bridgehead atoms. The van der Waals surface area contributed by atoms with Crippen LogP contribution in [0, 0.1) is 0 Å². The van der Waals surface area contributed by atoms with Gasteiger partial charge in [-0.05, 0) is 17.7 Å². The molecule has 0 saturated heterocycles. The second-order valence-corrected chi connectivity index (χ2v) is 4.67. The van der Waals surface area contributed by atoms with Crippen LogP contribution in [0.15, 0.2) is 57.7 Å². The number of aromatic carboxylic acids is 1. The lowest BCUT2D eigenvalue weighted by Gasteiger charge is -2.08. The Morgan fingerprint density at radius 3 is 2.50 bits per heavy atom. The normalized spacial score (nSPS) is 10.6. The lowest BCUT2D eigenvalue weighted by atomic mass is 10.0. The number of benzene rings is 2. The lowest BCUT2D eigenvalue weighted by molar-refractivity contribution is 0.0664. The summed E-state index contributed by atoms with van der Waals surface area (Å²) in [7, 11) is 1.48. The molecule has 0 spiro atoms. The number of hydrogen-bond acceptors (Lipinski definition) is 4. The first-order valence-corrected chi connectivity index (χ1v) is 6.55. The van der Waals surface area contributed by atoms with E-state index in [0.717, 1.165) is 0 Å². The Bertz CT molecular complexity index is 909. The van der Waals surface area contributed by atoms with Gasteiger partial charge in [-0.2, -0.15) is 0 Å². The van der Waals surface area contributed by atoms with Gasteiger partial charge in [-0.25, -0.2) is 4.79 Å². The first-order chi connectivity index (χ1) is 10.6. The van der Waals surface area contributed by atoms with Crippen molar-refractivity contribution in [3.05, 3.63) is 64.5 Å². The Morgan fingerprint density at radius 2 is 1.86 bits per heavy atom. The smallest absolute Gasteiger partial charge is 0.372 e. The number of rotatable bonds is 3. The van der Waals surface area contributed by atoms with Crippen LogP contribution in [0.25, 0.3) is 22.1 Å². The molecule has 0 saturated carbocycles. The predicted molar refractivity (Wildman–Crippen MR) is 81.4 cm³/mol. The van der Waals surface area contributed by atoms with Crippen LogP contribution in [-0.2, 0) is 0 Å². The molecule has 1 aromatic heterocycles. The van der Waals surface area contributed by atoms with Gasteiger partial charge in [-0.15, -0.1) is 0 Å². The van der Waals surface area contributed by atoms with Crippen LogP contribution in [0.3, 0.4) is 0 Å². The largest absolute Gasteiger partial charge is 0.497 e. The SMILES string of the molecule is COc1ccc2c(=O)c(-c3ccccc3)c(C(=O)O)oc2c1. The van der Waals surface area contributed by atoms with Crippen LogP contribution < -0.4 is 10.2 Å². The molecule has 0 unspecified atom stereocenters. The molecule has 1 N–H and O–H groups in total. The Balaban J connectivity index is 2.41. The number of carbonyl (C=O) groups is 1. The van der Waals surface area contributed by atoms with Crippen LogP contribution >= 0.6 is 0 Å². The fraction of sp³-hybridized carbons (Fsp3) is 0.0588. The molecule has 0 amide bonds. The zero-order valence-corrected chi connectivity index (χ0v) is 11.7. The molecule has 0 aliphatic rings. The summed E-state index contributed by atoms with van der Waals surface area (Å²) in [5, 5.41) is 9.68. The average molecular weight is 296 g/mol. The zero-order valence-electron chi connectivity index (χ0n) is 11.7. The highest BCUT2D eigenvalue weighted by Crippen LogP contribution is 2.26. The third-order valence-corrected chi connectivity index (χ3v) is 3.36. The summed E-state index contributed by atoms with van der Waals surface area (Å²) < 4.78 is 10.5. The monoisotopic (exact) mass is 296 g/mol. The van der Waals surface area contributed by atoms with Crippen molar-refractivity contribution in [2.75, 3.05) is 7.11 Å². The van der Waals surface area contributed by atoms with E-state index in [-0.39, 0.29) is 22.3 Å². The molecule has 0 fully saturated rings. The van der Waals surface area contributed by atoms with Crippen LogP contribution in [-0.4, -0.2) is 18.2 Å². The first-order valence-electron chi connectivity index (χ1n) is 6.55. The highest BCUT2D eigenvalue weighted by Gasteiger charge is 2.21. The van der Waals surface area contributed by atoms with E-state index in [1.54, 1.807) is 42.5 Å². The van der Waals surface area contributed by atoms with Crippen molar-refractivity contribution in [1.29, 1.82) is 0 Å². The molecule has 5 heteroatoms. The van der Waals surface area contributed by atoms with Gasteiger partial charge in [-0.1, -0.05) is 30.3 Å². The minimum absolute atomic E-state index is 0.0470. The maximum absolute atomic E-state index is 12.7. The Morgan fingerprint density at radius 1 is 1.14 bits per heavy atom. The third-order valence-electron chi connectivity index (χ3n) is 3.36. The second-order valence-electron chi connectivity index (χ2n) is 4.67. The topological polar surface area (TPSA) is 76.7 Å². The summed E-state index contributed by atoms with van der Waals surface area (Å²) >= 11 is 0. The Labute approximate surface area is 125 Å². The van der Waals surface area contributed by atoms with E-state index in [4.69, 9.17) is 9.15 Å². The van der Waals surface area contributed by atoms with Gasteiger partial charge in [0.05, 0.1) is 18.1 Å². The average Bonchev–Trinajstić information content (AvgIpc) is 2.54. The Hall–Kier alpha value is -3.08. The quantitative estimate of drug-likeness (QED) is 0.803. The highest BCUT2D eigenvalue weighted by molar-refractivity contribution is 5.96. The summed E-state index contributed by atoms with van der Waals surface area (Å²) in [6, 6.07) is 13.3. The molecular weight excluding hydrogens is 284 g/mol. The van der Waals surface area contributed by atoms with Crippen molar-refractivity contribution >= 4 is 16.9 Å². The van der Waals surface area contributed by atoms with Gasteiger partial charge < -0.3 is 14.3 Å². The van der Waals surface area contributed by atoms with Crippen LogP contribution in [0.4, 0.5) is 0 Å². The number of carboxylic acids is 1. The first kappa shape index (κ1) is 13.9. The zero-order chi connectivity index (χ0) is 15.7. The minimum atomic E-state index is -1.29. The van der Waals surface area contributed by atoms with Crippen LogP contribution in [0.1, 0.15) is 10.6 Å². The summed E-state index contributed by atoms with van der Waals surface area (Å²) in [5.74, 6) is -1.18. The molecule has 3 aromatic rings. The number of carboxylic acid groups (broad SMARTS) is 1.